The standard InChI is InChI=1S/C54H62N6O10/c1-7-17-67-47-35-13-11-15-37(47)22-39-25-43(55-45(61)31-59-29-33(5)51(63)57-53(59)65)27-41(49(39)69-19-9-3)24-42-28-44(56-46(62)32-60-30-34(6)52(64)58-54(60)66)26-40(50(42)70-20-10-4)23-38-16-12-14-36(21-35)48(38)68-18-8-2/h11-16,25-30H,7-10,17-24,31-32H2,1-6H3,(H,55,61)(H,56,62)(H,57,63,65)(H,58,64,66). The molecule has 0 saturated carbocycles. The number of hydrogen-bond donors (Lipinski definition) is 4. The van der Waals surface area contributed by atoms with Crippen molar-refractivity contribution in [2.75, 3.05) is 37.1 Å². The molecule has 16 heteroatoms. The summed E-state index contributed by atoms with van der Waals surface area (Å²) in [4.78, 5) is 82.0. The summed E-state index contributed by atoms with van der Waals surface area (Å²) in [6.45, 7) is 12.3. The van der Waals surface area contributed by atoms with Crippen LogP contribution in [-0.2, 0) is 48.4 Å². The van der Waals surface area contributed by atoms with Crippen LogP contribution in [0.25, 0.3) is 0 Å². The van der Waals surface area contributed by atoms with Crippen LogP contribution in [0.15, 0.2) is 92.2 Å². The molecule has 2 aromatic heterocycles. The summed E-state index contributed by atoms with van der Waals surface area (Å²) in [7, 11) is 0. The fourth-order valence-corrected chi connectivity index (χ4v) is 8.57. The SMILES string of the molecule is CCCOc1c2cccc1Cc1cc(NC(=O)Cn3cc(C)c(=O)[nH]c3=O)cc(c1OCCC)Cc1cc(NC(=O)Cn3cc(C)c(=O)[nH]c3=O)cc(c1OCCC)Cc1cccc(c1OCCC)C2. The molecule has 4 aromatic carbocycles. The largest absolute Gasteiger partial charge is 0.493 e. The Morgan fingerprint density at radius 2 is 0.771 bits per heavy atom. The first-order valence-electron chi connectivity index (χ1n) is 24.0. The Morgan fingerprint density at radius 1 is 0.486 bits per heavy atom. The van der Waals surface area contributed by atoms with Gasteiger partial charge in [-0.15, -0.1) is 0 Å². The van der Waals surface area contributed by atoms with E-state index in [4.69, 9.17) is 18.9 Å². The van der Waals surface area contributed by atoms with Crippen molar-refractivity contribution in [2.24, 2.45) is 0 Å². The summed E-state index contributed by atoms with van der Waals surface area (Å²) in [5, 5.41) is 6.04. The molecule has 6 aromatic rings. The van der Waals surface area contributed by atoms with Gasteiger partial charge in [-0.25, -0.2) is 9.59 Å². The van der Waals surface area contributed by atoms with Crippen molar-refractivity contribution >= 4 is 23.2 Å². The number of aryl methyl sites for hydroxylation is 2. The van der Waals surface area contributed by atoms with E-state index in [1.54, 1.807) is 13.8 Å². The maximum atomic E-state index is 13.9. The van der Waals surface area contributed by atoms with Gasteiger partial charge >= 0.3 is 11.4 Å². The first-order chi connectivity index (χ1) is 33.8. The van der Waals surface area contributed by atoms with Gasteiger partial charge in [0.05, 0.1) is 26.4 Å². The van der Waals surface area contributed by atoms with Crippen LogP contribution in [0.1, 0.15) is 109 Å². The average Bonchev–Trinajstić information content (AvgIpc) is 3.31. The molecule has 8 bridgehead atoms. The third-order valence-corrected chi connectivity index (χ3v) is 11.7. The predicted molar refractivity (Wildman–Crippen MR) is 270 cm³/mol. The number of aromatic nitrogens is 4. The molecule has 368 valence electrons. The van der Waals surface area contributed by atoms with Gasteiger partial charge in [0.2, 0.25) is 11.8 Å². The van der Waals surface area contributed by atoms with Gasteiger partial charge in [-0.05, 0) is 86.1 Å². The minimum absolute atomic E-state index is 0.209. The van der Waals surface area contributed by atoms with E-state index in [0.29, 0.717) is 92.5 Å². The van der Waals surface area contributed by atoms with Crippen LogP contribution in [0, 0.1) is 13.8 Å². The number of carbonyl (C=O) groups excluding carboxylic acids is 2. The van der Waals surface area contributed by atoms with Crippen molar-refractivity contribution < 1.29 is 28.5 Å². The Kier molecular flexibility index (Phi) is 16.6. The van der Waals surface area contributed by atoms with Crippen LogP contribution in [0.2, 0.25) is 0 Å². The van der Waals surface area contributed by atoms with Crippen LogP contribution in [0.5, 0.6) is 23.0 Å². The zero-order valence-corrected chi connectivity index (χ0v) is 40.8. The number of ether oxygens (including phenoxy) is 4. The molecule has 2 heterocycles. The topological polar surface area (TPSA) is 205 Å². The molecule has 2 amide bonds. The molecule has 16 nitrogen and oxygen atoms in total. The van der Waals surface area contributed by atoms with Gasteiger partial charge in [0.1, 0.15) is 36.1 Å². The van der Waals surface area contributed by atoms with E-state index in [9.17, 15) is 28.8 Å². The second kappa shape index (κ2) is 23.1. The molecule has 0 fully saturated rings. The number of H-pyrrole nitrogens is 2. The lowest BCUT2D eigenvalue weighted by atomic mass is 9.90. The second-order valence-electron chi connectivity index (χ2n) is 17.7. The minimum Gasteiger partial charge on any atom is -0.493 e. The summed E-state index contributed by atoms with van der Waals surface area (Å²) < 4.78 is 29.0. The lowest BCUT2D eigenvalue weighted by molar-refractivity contribution is -0.117. The zero-order chi connectivity index (χ0) is 49.9. The first kappa shape index (κ1) is 50.3. The highest BCUT2D eigenvalue weighted by Gasteiger charge is 2.24. The average molecular weight is 955 g/mol. The Labute approximate surface area is 406 Å². The number of aromatic amines is 2. The van der Waals surface area contributed by atoms with Gasteiger partial charge in [0.15, 0.2) is 0 Å². The highest BCUT2D eigenvalue weighted by Crippen LogP contribution is 2.41. The van der Waals surface area contributed by atoms with E-state index in [0.717, 1.165) is 66.9 Å². The Morgan fingerprint density at radius 3 is 1.09 bits per heavy atom. The molecule has 1 aliphatic carbocycles. The summed E-state index contributed by atoms with van der Waals surface area (Å²) in [5.41, 5.74) is 5.68. The number of fused-ring (bicyclic) bond motifs is 8. The number of amides is 2. The highest BCUT2D eigenvalue weighted by atomic mass is 16.5. The molecule has 7 rings (SSSR count). The molecule has 0 unspecified atom stereocenters. The van der Waals surface area contributed by atoms with E-state index in [-0.39, 0.29) is 30.6 Å². The molecular formula is C54H62N6O10. The van der Waals surface area contributed by atoms with Crippen LogP contribution in [0.3, 0.4) is 0 Å². The molecule has 0 spiro atoms. The van der Waals surface area contributed by atoms with Gasteiger partial charge in [-0.3, -0.25) is 38.3 Å². The maximum Gasteiger partial charge on any atom is 0.328 e. The normalized spacial score (nSPS) is 12.0. The van der Waals surface area contributed by atoms with Crippen LogP contribution < -0.4 is 52.1 Å². The molecular weight excluding hydrogens is 893 g/mol. The number of nitrogens with one attached hydrogen (secondary N) is 4. The Hall–Kier alpha value is -7.62. The lowest BCUT2D eigenvalue weighted by Gasteiger charge is -2.24. The summed E-state index contributed by atoms with van der Waals surface area (Å²) in [5.74, 6) is 1.74. The van der Waals surface area contributed by atoms with E-state index in [1.807, 2.05) is 62.4 Å². The van der Waals surface area contributed by atoms with Crippen LogP contribution in [-0.4, -0.2) is 57.3 Å². The number of carbonyl (C=O) groups is 2. The van der Waals surface area contributed by atoms with Gasteiger partial charge in [0, 0.05) is 82.8 Å². The lowest BCUT2D eigenvalue weighted by Crippen LogP contribution is -2.34. The smallest absolute Gasteiger partial charge is 0.328 e. The molecule has 0 saturated heterocycles. The molecule has 70 heavy (non-hydrogen) atoms. The summed E-state index contributed by atoms with van der Waals surface area (Å²) in [6.07, 6.45) is 7.11. The number of para-hydroxylation sites is 2. The van der Waals surface area contributed by atoms with Gasteiger partial charge in [-0.2, -0.15) is 0 Å². The maximum absolute atomic E-state index is 13.9. The zero-order valence-electron chi connectivity index (χ0n) is 40.8. The van der Waals surface area contributed by atoms with E-state index < -0.39 is 34.3 Å². The molecule has 1 aliphatic rings. The van der Waals surface area contributed by atoms with E-state index in [1.165, 1.54) is 12.4 Å². The Balaban J connectivity index is 1.45. The number of rotatable bonds is 18. The van der Waals surface area contributed by atoms with Crippen molar-refractivity contribution in [3.8, 4) is 23.0 Å². The summed E-state index contributed by atoms with van der Waals surface area (Å²) in [6, 6.07) is 19.7. The van der Waals surface area contributed by atoms with Gasteiger partial charge < -0.3 is 29.6 Å². The predicted octanol–water partition coefficient (Wildman–Crippen LogP) is 7.11. The monoisotopic (exact) mass is 954 g/mol. The summed E-state index contributed by atoms with van der Waals surface area (Å²) >= 11 is 0. The Bertz CT molecular complexity index is 2920. The molecule has 0 radical (unpaired) electrons. The van der Waals surface area contributed by atoms with Crippen molar-refractivity contribution in [3.63, 3.8) is 0 Å². The molecule has 0 aliphatic heterocycles. The number of hydrogen-bond acceptors (Lipinski definition) is 10. The van der Waals surface area contributed by atoms with Crippen molar-refractivity contribution in [3.05, 3.63) is 170 Å². The van der Waals surface area contributed by atoms with Crippen LogP contribution in [0.4, 0.5) is 11.4 Å². The molecule has 0 atom stereocenters. The number of nitrogens with zero attached hydrogens (tertiary/aromatic N) is 2. The van der Waals surface area contributed by atoms with Crippen molar-refractivity contribution in [1.82, 2.24) is 19.1 Å². The highest BCUT2D eigenvalue weighted by molar-refractivity contribution is 5.92. The second-order valence-corrected chi connectivity index (χ2v) is 17.7. The third kappa shape index (κ3) is 12.1. The minimum atomic E-state index is -0.707. The van der Waals surface area contributed by atoms with Crippen LogP contribution >= 0.6 is 0 Å². The molecule has 4 N–H and O–H groups in total. The first-order valence-corrected chi connectivity index (χ1v) is 24.0. The van der Waals surface area contributed by atoms with Gasteiger partial charge in [-0.1, -0.05) is 64.1 Å². The fraction of sp³-hybridized carbons (Fsp3) is 0.370. The number of benzene rings is 4. The van der Waals surface area contributed by atoms with E-state index in [2.05, 4.69) is 46.6 Å². The van der Waals surface area contributed by atoms with E-state index >= 15 is 0 Å². The quantitative estimate of drug-likeness (QED) is 0.0686. The van der Waals surface area contributed by atoms with Crippen molar-refractivity contribution in [2.45, 2.75) is 106 Å². The third-order valence-electron chi connectivity index (χ3n) is 11.7. The fourth-order valence-electron chi connectivity index (χ4n) is 8.57. The van der Waals surface area contributed by atoms with Gasteiger partial charge in [0.25, 0.3) is 11.1 Å². The number of anilines is 2. The van der Waals surface area contributed by atoms with Crippen molar-refractivity contribution in [1.29, 1.82) is 0 Å².